The van der Waals surface area contributed by atoms with Gasteiger partial charge in [-0.05, 0) is 12.3 Å². The molecule has 1 unspecified atom stereocenters. The van der Waals surface area contributed by atoms with Gasteiger partial charge in [-0.15, -0.1) is 0 Å². The van der Waals surface area contributed by atoms with E-state index in [-0.39, 0.29) is 0 Å². The molecule has 0 aliphatic carbocycles. The molecule has 4 heteroatoms. The molecule has 0 saturated carbocycles. The summed E-state index contributed by atoms with van der Waals surface area (Å²) in [6, 6.07) is 2.04. The molecule has 0 amide bonds. The third kappa shape index (κ3) is 3.83. The lowest BCUT2D eigenvalue weighted by atomic mass is 10.4. The number of nitrogens with zero attached hydrogens (tertiary/aromatic N) is 2. The van der Waals surface area contributed by atoms with E-state index in [2.05, 4.69) is 23.6 Å². The van der Waals surface area contributed by atoms with E-state index >= 15 is 0 Å². The van der Waals surface area contributed by atoms with Crippen LogP contribution in [-0.4, -0.2) is 27.8 Å². The topological polar surface area (TPSA) is 29.9 Å². The molecule has 1 atom stereocenters. The van der Waals surface area contributed by atoms with E-state index in [4.69, 9.17) is 0 Å². The maximum Gasteiger partial charge on any atom is 0.0762 e. The summed E-state index contributed by atoms with van der Waals surface area (Å²) in [6.45, 7) is 4.12. The van der Waals surface area contributed by atoms with Gasteiger partial charge in [-0.1, -0.05) is 6.92 Å². The van der Waals surface area contributed by atoms with Crippen LogP contribution in [0.3, 0.4) is 0 Å². The third-order valence-electron chi connectivity index (χ3n) is 1.91. The van der Waals surface area contributed by atoms with Gasteiger partial charge in [-0.25, -0.2) is 0 Å². The summed E-state index contributed by atoms with van der Waals surface area (Å²) < 4.78 is 1.83. The minimum Gasteiger partial charge on any atom is -0.310 e. The Hall–Kier alpha value is -0.480. The molecule has 0 saturated heterocycles. The fraction of sp³-hybridized carbons (Fsp3) is 0.667. The number of hydrogen-bond acceptors (Lipinski definition) is 3. The van der Waals surface area contributed by atoms with Crippen LogP contribution in [-0.2, 0) is 13.6 Å². The Morgan fingerprint density at radius 1 is 1.69 bits per heavy atom. The lowest BCUT2D eigenvalue weighted by molar-refractivity contribution is 0.653. The van der Waals surface area contributed by atoms with Crippen molar-refractivity contribution in [3.05, 3.63) is 18.0 Å². The average Bonchev–Trinajstić information content (AvgIpc) is 2.51. The van der Waals surface area contributed by atoms with Gasteiger partial charge in [0.05, 0.1) is 5.69 Å². The Morgan fingerprint density at radius 2 is 2.46 bits per heavy atom. The van der Waals surface area contributed by atoms with E-state index in [1.165, 1.54) is 0 Å². The van der Waals surface area contributed by atoms with E-state index in [1.807, 2.05) is 35.8 Å². The van der Waals surface area contributed by atoms with Gasteiger partial charge in [0.2, 0.25) is 0 Å². The SMILES string of the molecule is CSC(C)CNCc1ccn(C)n1. The second-order valence-electron chi connectivity index (χ2n) is 3.16. The quantitative estimate of drug-likeness (QED) is 0.774. The van der Waals surface area contributed by atoms with Gasteiger partial charge in [-0.2, -0.15) is 16.9 Å². The molecule has 1 heterocycles. The fourth-order valence-corrected chi connectivity index (χ4v) is 1.33. The molecule has 0 radical (unpaired) electrons. The Balaban J connectivity index is 2.20. The maximum atomic E-state index is 4.28. The molecule has 0 aliphatic rings. The smallest absolute Gasteiger partial charge is 0.0762 e. The van der Waals surface area contributed by atoms with Crippen molar-refractivity contribution >= 4 is 11.8 Å². The van der Waals surface area contributed by atoms with Gasteiger partial charge in [0.15, 0.2) is 0 Å². The number of aromatic nitrogens is 2. The Labute approximate surface area is 83.9 Å². The van der Waals surface area contributed by atoms with Crippen molar-refractivity contribution < 1.29 is 0 Å². The van der Waals surface area contributed by atoms with E-state index in [0.717, 1.165) is 18.8 Å². The number of nitrogens with one attached hydrogen (secondary N) is 1. The predicted molar refractivity (Wildman–Crippen MR) is 57.9 cm³/mol. The molecule has 1 aromatic rings. The van der Waals surface area contributed by atoms with Crippen molar-refractivity contribution in [2.45, 2.75) is 18.7 Å². The van der Waals surface area contributed by atoms with Crippen LogP contribution in [0.5, 0.6) is 0 Å². The number of thioether (sulfide) groups is 1. The van der Waals surface area contributed by atoms with Crippen LogP contribution in [0.15, 0.2) is 12.3 Å². The summed E-state index contributed by atoms with van der Waals surface area (Å²) >= 11 is 1.88. The normalized spacial score (nSPS) is 13.2. The molecule has 74 valence electrons. The summed E-state index contributed by atoms with van der Waals surface area (Å²) in [4.78, 5) is 0. The van der Waals surface area contributed by atoms with E-state index < -0.39 is 0 Å². The summed E-state index contributed by atoms with van der Waals surface area (Å²) in [5.41, 5.74) is 1.11. The highest BCUT2D eigenvalue weighted by molar-refractivity contribution is 7.99. The van der Waals surface area contributed by atoms with Gasteiger partial charge >= 0.3 is 0 Å². The van der Waals surface area contributed by atoms with Gasteiger partial charge < -0.3 is 5.32 Å². The first kappa shape index (κ1) is 10.6. The number of hydrogen-bond donors (Lipinski definition) is 1. The molecular weight excluding hydrogens is 182 g/mol. The highest BCUT2D eigenvalue weighted by atomic mass is 32.2. The highest BCUT2D eigenvalue weighted by Crippen LogP contribution is 2.03. The molecule has 0 aromatic carbocycles. The second kappa shape index (κ2) is 5.29. The van der Waals surface area contributed by atoms with Crippen LogP contribution in [0.4, 0.5) is 0 Å². The molecule has 13 heavy (non-hydrogen) atoms. The maximum absolute atomic E-state index is 4.28. The Morgan fingerprint density at radius 3 is 3.00 bits per heavy atom. The van der Waals surface area contributed by atoms with E-state index in [9.17, 15) is 0 Å². The lowest BCUT2D eigenvalue weighted by Gasteiger charge is -2.07. The lowest BCUT2D eigenvalue weighted by Crippen LogP contribution is -2.22. The largest absolute Gasteiger partial charge is 0.310 e. The minimum absolute atomic E-state index is 0.670. The fourth-order valence-electron chi connectivity index (χ4n) is 1.04. The summed E-state index contributed by atoms with van der Waals surface area (Å²) in [5, 5.41) is 8.32. The average molecular weight is 199 g/mol. The van der Waals surface area contributed by atoms with Crippen molar-refractivity contribution in [1.29, 1.82) is 0 Å². The molecule has 1 aromatic heterocycles. The summed E-state index contributed by atoms with van der Waals surface area (Å²) in [7, 11) is 1.94. The molecule has 1 N–H and O–H groups in total. The van der Waals surface area contributed by atoms with Crippen molar-refractivity contribution in [3.8, 4) is 0 Å². The molecule has 1 rings (SSSR count). The van der Waals surface area contributed by atoms with E-state index in [0.29, 0.717) is 5.25 Å². The van der Waals surface area contributed by atoms with E-state index in [1.54, 1.807) is 0 Å². The van der Waals surface area contributed by atoms with Crippen LogP contribution in [0.2, 0.25) is 0 Å². The van der Waals surface area contributed by atoms with Crippen LogP contribution in [0.25, 0.3) is 0 Å². The van der Waals surface area contributed by atoms with Gasteiger partial charge in [-0.3, -0.25) is 4.68 Å². The van der Waals surface area contributed by atoms with Crippen LogP contribution in [0.1, 0.15) is 12.6 Å². The Bertz CT molecular complexity index is 247. The minimum atomic E-state index is 0.670. The third-order valence-corrected chi connectivity index (χ3v) is 2.88. The zero-order chi connectivity index (χ0) is 9.68. The first-order valence-corrected chi connectivity index (χ1v) is 5.73. The van der Waals surface area contributed by atoms with Crippen molar-refractivity contribution in [2.75, 3.05) is 12.8 Å². The molecule has 3 nitrogen and oxygen atoms in total. The standard InChI is InChI=1S/C9H17N3S/c1-8(13-3)6-10-7-9-4-5-12(2)11-9/h4-5,8,10H,6-7H2,1-3H3. The molecule has 0 bridgehead atoms. The molecular formula is C9H17N3S. The van der Waals surface area contributed by atoms with Crippen LogP contribution >= 0.6 is 11.8 Å². The zero-order valence-corrected chi connectivity index (χ0v) is 9.27. The van der Waals surface area contributed by atoms with Crippen molar-refractivity contribution in [3.63, 3.8) is 0 Å². The Kier molecular flexibility index (Phi) is 4.32. The number of rotatable bonds is 5. The van der Waals surface area contributed by atoms with Gasteiger partial charge in [0, 0.05) is 31.6 Å². The number of aryl methyl sites for hydroxylation is 1. The molecule has 0 aliphatic heterocycles. The predicted octanol–water partition coefficient (Wildman–Crippen LogP) is 1.26. The summed E-state index contributed by atoms with van der Waals surface area (Å²) in [5.74, 6) is 0. The van der Waals surface area contributed by atoms with Crippen molar-refractivity contribution in [2.24, 2.45) is 7.05 Å². The van der Waals surface area contributed by atoms with Gasteiger partial charge in [0.25, 0.3) is 0 Å². The van der Waals surface area contributed by atoms with Crippen LogP contribution in [0, 0.1) is 0 Å². The highest BCUT2D eigenvalue weighted by Gasteiger charge is 1.99. The first-order chi connectivity index (χ1) is 6.22. The monoisotopic (exact) mass is 199 g/mol. The summed E-state index contributed by atoms with van der Waals surface area (Å²) in [6.07, 6.45) is 4.10. The first-order valence-electron chi connectivity index (χ1n) is 4.44. The zero-order valence-electron chi connectivity index (χ0n) is 8.45. The van der Waals surface area contributed by atoms with Gasteiger partial charge in [0.1, 0.15) is 0 Å². The second-order valence-corrected chi connectivity index (χ2v) is 4.43. The molecule has 0 spiro atoms. The van der Waals surface area contributed by atoms with Crippen LogP contribution < -0.4 is 5.32 Å². The molecule has 0 fully saturated rings. The van der Waals surface area contributed by atoms with Crippen molar-refractivity contribution in [1.82, 2.24) is 15.1 Å².